The molecule has 0 spiro atoms. The first-order valence-corrected chi connectivity index (χ1v) is 18.1. The number of nitrogens with zero attached hydrogens (tertiary/aromatic N) is 5. The Hall–Kier alpha value is -4.75. The van der Waals surface area contributed by atoms with Crippen LogP contribution in [0.2, 0.25) is 5.02 Å². The molecular weight excluding hydrogens is 702 g/mol. The molecule has 0 bridgehead atoms. The predicted molar refractivity (Wildman–Crippen MR) is 199 cm³/mol. The number of likely N-dealkylation sites (tertiary alicyclic amines) is 2. The average Bonchev–Trinajstić information content (AvgIpc) is 3.73. The lowest BCUT2D eigenvalue weighted by atomic mass is 9.92. The lowest BCUT2D eigenvalue weighted by Crippen LogP contribution is -2.51. The summed E-state index contributed by atoms with van der Waals surface area (Å²) in [5, 5.41) is 23.1. The minimum absolute atomic E-state index is 0.121. The molecule has 274 valence electrons. The predicted octanol–water partition coefficient (Wildman–Crippen LogP) is 7.58. The fourth-order valence-electron chi connectivity index (χ4n) is 8.04. The van der Waals surface area contributed by atoms with E-state index in [0.717, 1.165) is 64.1 Å². The van der Waals surface area contributed by atoms with Gasteiger partial charge in [0.05, 0.1) is 29.7 Å². The number of hydrogen-bond acceptors (Lipinski definition) is 9. The van der Waals surface area contributed by atoms with E-state index in [1.54, 1.807) is 19.4 Å². The van der Waals surface area contributed by atoms with Crippen LogP contribution in [0, 0.1) is 12.8 Å². The fraction of sp³-hybridized carbons (Fsp3) is 0.350. The lowest BCUT2D eigenvalue weighted by Gasteiger charge is -2.41. The number of halogens is 3. The number of fused-ring (bicyclic) bond motifs is 2. The summed E-state index contributed by atoms with van der Waals surface area (Å²) in [7, 11) is 1.66. The van der Waals surface area contributed by atoms with Crippen LogP contribution in [0.1, 0.15) is 53.4 Å². The van der Waals surface area contributed by atoms with E-state index in [2.05, 4.69) is 36.1 Å². The van der Waals surface area contributed by atoms with Gasteiger partial charge >= 0.3 is 5.97 Å². The van der Waals surface area contributed by atoms with Gasteiger partial charge in [-0.25, -0.2) is 18.7 Å². The monoisotopic (exact) mass is 740 g/mol. The number of aliphatic hydroxyl groups is 1. The Morgan fingerprint density at radius 3 is 2.57 bits per heavy atom. The minimum atomic E-state index is -2.88. The molecule has 4 heterocycles. The van der Waals surface area contributed by atoms with Crippen molar-refractivity contribution in [1.82, 2.24) is 24.8 Å². The molecule has 3 aliphatic rings. The molecule has 13 heteroatoms. The van der Waals surface area contributed by atoms with Gasteiger partial charge in [-0.05, 0) is 72.2 Å². The van der Waals surface area contributed by atoms with Crippen LogP contribution < -0.4 is 10.1 Å². The Balaban J connectivity index is 1.10. The van der Waals surface area contributed by atoms with E-state index in [9.17, 15) is 23.8 Å². The number of rotatable bonds is 10. The number of nitrogens with one attached hydrogen (secondary N) is 1. The molecular formula is C40H39ClF2N6O4. The fourth-order valence-corrected chi connectivity index (χ4v) is 8.37. The SMILES string of the molecule is COc1cc(-c2cccc(-c3cccc(Nc4nc(C(F)F)nc5cc(CN6CC[C@@H](O)C6)cnc45)c3C)c2Cl)cc2c1[C@@H](N1CC(C(=O)O)C1)CC2. The van der Waals surface area contributed by atoms with Crippen LogP contribution in [-0.4, -0.2) is 80.3 Å². The van der Waals surface area contributed by atoms with Gasteiger partial charge in [-0.3, -0.25) is 19.6 Å². The number of β-amino-alcohol motifs (C(OH)–C–C–N with tert-alkyl or cyclic N) is 1. The number of aryl methyl sites for hydroxylation is 1. The van der Waals surface area contributed by atoms with Crippen molar-refractivity contribution in [3.8, 4) is 28.0 Å². The van der Waals surface area contributed by atoms with Gasteiger partial charge in [0, 0.05) is 67.3 Å². The molecule has 2 saturated heterocycles. The van der Waals surface area contributed by atoms with E-state index in [1.807, 2.05) is 49.4 Å². The van der Waals surface area contributed by atoms with Crippen molar-refractivity contribution < 1.29 is 28.5 Å². The molecule has 53 heavy (non-hydrogen) atoms. The third-order valence-electron chi connectivity index (χ3n) is 10.8. The zero-order chi connectivity index (χ0) is 37.0. The lowest BCUT2D eigenvalue weighted by molar-refractivity contribution is -0.148. The van der Waals surface area contributed by atoms with Gasteiger partial charge in [-0.1, -0.05) is 48.0 Å². The normalized spacial score (nSPS) is 19.2. The number of pyridine rings is 1. The molecule has 0 unspecified atom stereocenters. The Morgan fingerprint density at radius 2 is 1.83 bits per heavy atom. The molecule has 0 saturated carbocycles. The first-order valence-electron chi connectivity index (χ1n) is 17.8. The number of hydrogen-bond donors (Lipinski definition) is 3. The summed E-state index contributed by atoms with van der Waals surface area (Å²) in [4.78, 5) is 28.7. The van der Waals surface area contributed by atoms with E-state index in [1.165, 1.54) is 5.56 Å². The van der Waals surface area contributed by atoms with Crippen LogP contribution in [0.3, 0.4) is 0 Å². The van der Waals surface area contributed by atoms with Crippen LogP contribution >= 0.6 is 11.6 Å². The minimum Gasteiger partial charge on any atom is -0.496 e. The maximum Gasteiger partial charge on any atom is 0.309 e. The number of carboxylic acids is 1. The first kappa shape index (κ1) is 35.3. The summed E-state index contributed by atoms with van der Waals surface area (Å²) < 4.78 is 34.0. The Bertz CT molecular complexity index is 2230. The van der Waals surface area contributed by atoms with Gasteiger partial charge in [0.1, 0.15) is 11.3 Å². The third-order valence-corrected chi connectivity index (χ3v) is 11.2. The number of aliphatic hydroxyl groups excluding tert-OH is 1. The molecule has 5 aromatic rings. The number of aliphatic carboxylic acids is 1. The van der Waals surface area contributed by atoms with E-state index < -0.39 is 18.2 Å². The van der Waals surface area contributed by atoms with Crippen LogP contribution in [0.15, 0.2) is 60.8 Å². The first-order chi connectivity index (χ1) is 25.6. The van der Waals surface area contributed by atoms with Crippen LogP contribution in [0.5, 0.6) is 5.75 Å². The summed E-state index contributed by atoms with van der Waals surface area (Å²) in [5.41, 5.74) is 8.70. The van der Waals surface area contributed by atoms with Crippen molar-refractivity contribution in [2.75, 3.05) is 38.6 Å². The Morgan fingerprint density at radius 1 is 1.06 bits per heavy atom. The van der Waals surface area contributed by atoms with Crippen LogP contribution in [-0.2, 0) is 17.8 Å². The molecule has 10 nitrogen and oxygen atoms in total. The van der Waals surface area contributed by atoms with Gasteiger partial charge in [-0.15, -0.1) is 0 Å². The van der Waals surface area contributed by atoms with Gasteiger partial charge in [0.15, 0.2) is 11.6 Å². The molecule has 2 fully saturated rings. The molecule has 3 N–H and O–H groups in total. The van der Waals surface area contributed by atoms with E-state index in [4.69, 9.17) is 16.3 Å². The molecule has 3 aromatic carbocycles. The number of carboxylic acid groups (broad SMARTS) is 1. The summed E-state index contributed by atoms with van der Waals surface area (Å²) in [5.74, 6) is -0.735. The Kier molecular flexibility index (Phi) is 9.48. The summed E-state index contributed by atoms with van der Waals surface area (Å²) >= 11 is 7.23. The molecule has 2 atom stereocenters. The van der Waals surface area contributed by atoms with Crippen molar-refractivity contribution in [2.45, 2.75) is 51.3 Å². The van der Waals surface area contributed by atoms with E-state index >= 15 is 0 Å². The Labute approximate surface area is 310 Å². The summed E-state index contributed by atoms with van der Waals surface area (Å²) in [6.45, 7) is 4.85. The number of benzene rings is 3. The number of ether oxygens (including phenoxy) is 1. The molecule has 2 aromatic heterocycles. The van der Waals surface area contributed by atoms with Crippen LogP contribution in [0.25, 0.3) is 33.3 Å². The van der Waals surface area contributed by atoms with Gasteiger partial charge < -0.3 is 20.3 Å². The quantitative estimate of drug-likeness (QED) is 0.132. The molecule has 2 aliphatic heterocycles. The second-order valence-corrected chi connectivity index (χ2v) is 14.6. The van der Waals surface area contributed by atoms with Gasteiger partial charge in [-0.2, -0.15) is 0 Å². The number of methoxy groups -OCH3 is 1. The number of carbonyl (C=O) groups is 1. The molecule has 8 rings (SSSR count). The molecule has 1 aliphatic carbocycles. The van der Waals surface area contributed by atoms with Crippen molar-refractivity contribution in [2.24, 2.45) is 5.92 Å². The maximum atomic E-state index is 14.1. The van der Waals surface area contributed by atoms with Crippen LogP contribution in [0.4, 0.5) is 20.3 Å². The second kappa shape index (κ2) is 14.2. The topological polar surface area (TPSA) is 124 Å². The number of aromatic nitrogens is 3. The second-order valence-electron chi connectivity index (χ2n) is 14.2. The van der Waals surface area contributed by atoms with Gasteiger partial charge in [0.2, 0.25) is 0 Å². The zero-order valence-electron chi connectivity index (χ0n) is 29.3. The zero-order valence-corrected chi connectivity index (χ0v) is 30.1. The highest BCUT2D eigenvalue weighted by Gasteiger charge is 2.41. The highest BCUT2D eigenvalue weighted by Crippen LogP contribution is 2.48. The standard InChI is InChI=1S/C40H39ClF2N6O4/c1-21-27(5-4-8-30(21)45-38-36-31(46-39(47-38)37(42)43)13-22(16-44-36)17-48-12-11-26(50)20-48)29-7-3-6-28(35(29)41)24-14-23-9-10-32(34(23)33(15-24)53-2)49-18-25(19-49)40(51)52/h3-8,13-16,25-26,32,37,50H,9-12,17-20H2,1-2H3,(H,51,52)(H,45,46,47)/t26-,32+/m1/s1. The van der Waals surface area contributed by atoms with E-state index in [0.29, 0.717) is 54.3 Å². The summed E-state index contributed by atoms with van der Waals surface area (Å²) in [6, 6.07) is 17.7. The van der Waals surface area contributed by atoms with Crippen molar-refractivity contribution in [3.63, 3.8) is 0 Å². The summed E-state index contributed by atoms with van der Waals surface area (Å²) in [6.07, 6.45) is 0.900. The highest BCUT2D eigenvalue weighted by molar-refractivity contribution is 6.36. The van der Waals surface area contributed by atoms with Crippen molar-refractivity contribution in [1.29, 1.82) is 0 Å². The van der Waals surface area contributed by atoms with Gasteiger partial charge in [0.25, 0.3) is 6.43 Å². The smallest absolute Gasteiger partial charge is 0.309 e. The maximum absolute atomic E-state index is 14.1. The van der Waals surface area contributed by atoms with E-state index in [-0.39, 0.29) is 23.9 Å². The third kappa shape index (κ3) is 6.69. The largest absolute Gasteiger partial charge is 0.496 e. The molecule has 0 radical (unpaired) electrons. The van der Waals surface area contributed by atoms with Crippen molar-refractivity contribution >= 4 is 40.1 Å². The number of alkyl halides is 2. The van der Waals surface area contributed by atoms with Crippen molar-refractivity contribution in [3.05, 3.63) is 93.9 Å². The molecule has 0 amide bonds. The highest BCUT2D eigenvalue weighted by atomic mass is 35.5. The number of anilines is 2. The average molecular weight is 741 g/mol.